The first-order valence-electron chi connectivity index (χ1n) is 6.17. The van der Waals surface area contributed by atoms with Crippen molar-refractivity contribution in [1.29, 1.82) is 0 Å². The van der Waals surface area contributed by atoms with E-state index in [0.29, 0.717) is 11.4 Å². The van der Waals surface area contributed by atoms with Crippen molar-refractivity contribution >= 4 is 17.5 Å². The molecule has 0 aliphatic rings. The zero-order valence-electron chi connectivity index (χ0n) is 11.1. The quantitative estimate of drug-likeness (QED) is 0.885. The van der Waals surface area contributed by atoms with Crippen LogP contribution in [-0.2, 0) is 11.2 Å². The fourth-order valence-electron chi connectivity index (χ4n) is 1.77. The molecule has 0 radical (unpaired) electrons. The summed E-state index contributed by atoms with van der Waals surface area (Å²) in [6.45, 7) is 1.83. The molecule has 0 spiro atoms. The van der Waals surface area contributed by atoms with Crippen LogP contribution in [0.2, 0.25) is 0 Å². The maximum atomic E-state index is 12.0. The third-order valence-corrected chi connectivity index (χ3v) is 2.71. The molecular formula is C15H15N3O2. The molecule has 0 saturated heterocycles. The molecule has 2 aromatic rings. The third-order valence-electron chi connectivity index (χ3n) is 2.71. The highest BCUT2D eigenvalue weighted by Gasteiger charge is 2.07. The molecule has 0 unspecified atom stereocenters. The Labute approximate surface area is 116 Å². The molecule has 0 atom stereocenters. The Morgan fingerprint density at radius 2 is 1.85 bits per heavy atom. The summed E-state index contributed by atoms with van der Waals surface area (Å²) < 4.78 is 0. The van der Waals surface area contributed by atoms with Crippen molar-refractivity contribution in [2.24, 2.45) is 5.73 Å². The number of aromatic nitrogens is 1. The molecule has 0 aliphatic carbocycles. The van der Waals surface area contributed by atoms with Gasteiger partial charge in [0.05, 0.1) is 6.42 Å². The number of anilines is 1. The lowest BCUT2D eigenvalue weighted by atomic mass is 10.1. The van der Waals surface area contributed by atoms with E-state index in [0.717, 1.165) is 11.3 Å². The summed E-state index contributed by atoms with van der Waals surface area (Å²) in [6.07, 6.45) is 0.188. The summed E-state index contributed by atoms with van der Waals surface area (Å²) in [5.41, 5.74) is 7.72. The monoisotopic (exact) mass is 269 g/mol. The Bertz CT molecular complexity index is 636. The van der Waals surface area contributed by atoms with Gasteiger partial charge in [0, 0.05) is 11.4 Å². The van der Waals surface area contributed by atoms with Crippen LogP contribution in [0.15, 0.2) is 42.5 Å². The molecule has 1 heterocycles. The number of primary amides is 1. The number of hydrogen-bond acceptors (Lipinski definition) is 3. The van der Waals surface area contributed by atoms with Gasteiger partial charge in [-0.2, -0.15) is 0 Å². The Morgan fingerprint density at radius 3 is 2.45 bits per heavy atom. The molecule has 1 aromatic heterocycles. The highest BCUT2D eigenvalue weighted by molar-refractivity contribution is 6.02. The Kier molecular flexibility index (Phi) is 4.10. The van der Waals surface area contributed by atoms with Crippen LogP contribution in [0.4, 0.5) is 5.69 Å². The average Bonchev–Trinajstić information content (AvgIpc) is 2.40. The van der Waals surface area contributed by atoms with Gasteiger partial charge in [-0.25, -0.2) is 4.98 Å². The number of aryl methyl sites for hydroxylation is 1. The number of hydrogen-bond donors (Lipinski definition) is 2. The van der Waals surface area contributed by atoms with Gasteiger partial charge in [0.15, 0.2) is 0 Å². The SMILES string of the molecule is Cc1cccc(C(=O)Nc2ccc(CC(N)=O)cc2)n1. The molecule has 5 heteroatoms. The number of pyridine rings is 1. The van der Waals surface area contributed by atoms with Crippen molar-refractivity contribution in [3.63, 3.8) is 0 Å². The summed E-state index contributed by atoms with van der Waals surface area (Å²) in [7, 11) is 0. The normalized spacial score (nSPS) is 10.1. The Balaban J connectivity index is 2.06. The van der Waals surface area contributed by atoms with E-state index in [1.54, 1.807) is 36.4 Å². The Hall–Kier alpha value is -2.69. The number of carbonyl (C=O) groups excluding carboxylic acids is 2. The summed E-state index contributed by atoms with van der Waals surface area (Å²) >= 11 is 0. The molecule has 0 aliphatic heterocycles. The van der Waals surface area contributed by atoms with E-state index >= 15 is 0 Å². The molecule has 0 bridgehead atoms. The number of nitrogens with zero attached hydrogens (tertiary/aromatic N) is 1. The summed E-state index contributed by atoms with van der Waals surface area (Å²) in [4.78, 5) is 26.9. The first-order chi connectivity index (χ1) is 9.54. The van der Waals surface area contributed by atoms with Crippen LogP contribution >= 0.6 is 0 Å². The number of amides is 2. The minimum atomic E-state index is -0.384. The van der Waals surface area contributed by atoms with E-state index in [1.807, 2.05) is 13.0 Å². The van der Waals surface area contributed by atoms with E-state index in [-0.39, 0.29) is 18.2 Å². The van der Waals surface area contributed by atoms with Crippen LogP contribution in [0.5, 0.6) is 0 Å². The van der Waals surface area contributed by atoms with Gasteiger partial charge in [0.1, 0.15) is 5.69 Å². The van der Waals surface area contributed by atoms with Gasteiger partial charge < -0.3 is 11.1 Å². The maximum absolute atomic E-state index is 12.0. The molecular weight excluding hydrogens is 254 g/mol. The molecule has 0 fully saturated rings. The van der Waals surface area contributed by atoms with E-state index in [1.165, 1.54) is 0 Å². The van der Waals surface area contributed by atoms with Gasteiger partial charge in [-0.15, -0.1) is 0 Å². The lowest BCUT2D eigenvalue weighted by Crippen LogP contribution is -2.15. The largest absolute Gasteiger partial charge is 0.369 e. The van der Waals surface area contributed by atoms with Gasteiger partial charge in [-0.05, 0) is 36.8 Å². The zero-order valence-corrected chi connectivity index (χ0v) is 11.1. The summed E-state index contributed by atoms with van der Waals surface area (Å²) in [6, 6.07) is 12.2. The predicted octanol–water partition coefficient (Wildman–Crippen LogP) is 1.67. The van der Waals surface area contributed by atoms with Crippen LogP contribution in [0.3, 0.4) is 0 Å². The molecule has 2 rings (SSSR count). The van der Waals surface area contributed by atoms with Crippen LogP contribution in [-0.4, -0.2) is 16.8 Å². The number of carbonyl (C=O) groups is 2. The van der Waals surface area contributed by atoms with Crippen LogP contribution in [0.1, 0.15) is 21.7 Å². The van der Waals surface area contributed by atoms with Crippen molar-refractivity contribution < 1.29 is 9.59 Å². The van der Waals surface area contributed by atoms with Crippen molar-refractivity contribution in [1.82, 2.24) is 4.98 Å². The van der Waals surface area contributed by atoms with Crippen LogP contribution in [0.25, 0.3) is 0 Å². The second-order valence-corrected chi connectivity index (χ2v) is 4.46. The third kappa shape index (κ3) is 3.65. The molecule has 0 saturated carbocycles. The second-order valence-electron chi connectivity index (χ2n) is 4.46. The number of benzene rings is 1. The highest BCUT2D eigenvalue weighted by atomic mass is 16.2. The first-order valence-corrected chi connectivity index (χ1v) is 6.17. The lowest BCUT2D eigenvalue weighted by Gasteiger charge is -2.06. The molecule has 3 N–H and O–H groups in total. The fourth-order valence-corrected chi connectivity index (χ4v) is 1.77. The minimum absolute atomic E-state index is 0.188. The molecule has 20 heavy (non-hydrogen) atoms. The van der Waals surface area contributed by atoms with Crippen LogP contribution in [0, 0.1) is 6.92 Å². The van der Waals surface area contributed by atoms with E-state index in [2.05, 4.69) is 10.3 Å². The van der Waals surface area contributed by atoms with Crippen molar-refractivity contribution in [2.45, 2.75) is 13.3 Å². The second kappa shape index (κ2) is 5.97. The van der Waals surface area contributed by atoms with E-state index in [4.69, 9.17) is 5.73 Å². The number of rotatable bonds is 4. The van der Waals surface area contributed by atoms with Crippen molar-refractivity contribution in [3.05, 3.63) is 59.4 Å². The van der Waals surface area contributed by atoms with Gasteiger partial charge in [-0.3, -0.25) is 9.59 Å². The van der Waals surface area contributed by atoms with Crippen LogP contribution < -0.4 is 11.1 Å². The van der Waals surface area contributed by atoms with Crippen molar-refractivity contribution in [2.75, 3.05) is 5.32 Å². The van der Waals surface area contributed by atoms with Gasteiger partial charge >= 0.3 is 0 Å². The molecule has 2 amide bonds. The zero-order chi connectivity index (χ0) is 14.5. The Morgan fingerprint density at radius 1 is 1.15 bits per heavy atom. The molecule has 5 nitrogen and oxygen atoms in total. The van der Waals surface area contributed by atoms with E-state index in [9.17, 15) is 9.59 Å². The number of nitrogens with two attached hydrogens (primary N) is 1. The van der Waals surface area contributed by atoms with Gasteiger partial charge in [-0.1, -0.05) is 18.2 Å². The standard InChI is InChI=1S/C15H15N3O2/c1-10-3-2-4-13(17-10)15(20)18-12-7-5-11(6-8-12)9-14(16)19/h2-8H,9H2,1H3,(H2,16,19)(H,18,20). The molecule has 1 aromatic carbocycles. The lowest BCUT2D eigenvalue weighted by molar-refractivity contribution is -0.117. The first kappa shape index (κ1) is 13.7. The summed E-state index contributed by atoms with van der Waals surface area (Å²) in [5, 5.41) is 2.75. The fraction of sp³-hybridized carbons (Fsp3) is 0.133. The summed E-state index contributed by atoms with van der Waals surface area (Å²) in [5.74, 6) is -0.651. The highest BCUT2D eigenvalue weighted by Crippen LogP contribution is 2.11. The maximum Gasteiger partial charge on any atom is 0.274 e. The van der Waals surface area contributed by atoms with Gasteiger partial charge in [0.2, 0.25) is 5.91 Å². The van der Waals surface area contributed by atoms with E-state index < -0.39 is 0 Å². The number of nitrogens with one attached hydrogen (secondary N) is 1. The molecule has 102 valence electrons. The minimum Gasteiger partial charge on any atom is -0.369 e. The smallest absolute Gasteiger partial charge is 0.274 e. The van der Waals surface area contributed by atoms with Gasteiger partial charge in [0.25, 0.3) is 5.91 Å². The van der Waals surface area contributed by atoms with Crippen molar-refractivity contribution in [3.8, 4) is 0 Å². The average molecular weight is 269 g/mol. The predicted molar refractivity (Wildman–Crippen MR) is 76.3 cm³/mol. The topological polar surface area (TPSA) is 85.1 Å².